The van der Waals surface area contributed by atoms with Crippen LogP contribution in [-0.4, -0.2) is 18.0 Å². The molecular weight excluding hydrogens is 122 g/mol. The van der Waals surface area contributed by atoms with Crippen molar-refractivity contribution >= 4 is 11.6 Å². The molecule has 48 valence electrons. The van der Waals surface area contributed by atoms with E-state index < -0.39 is 0 Å². The smallest absolute Gasteiger partial charge is 0.0365 e. The maximum absolute atomic E-state index is 5.74. The molecule has 1 aliphatic carbocycles. The van der Waals surface area contributed by atoms with E-state index in [1.807, 2.05) is 0 Å². The van der Waals surface area contributed by atoms with Crippen molar-refractivity contribution < 1.29 is 0 Å². The minimum atomic E-state index is 0.457. The van der Waals surface area contributed by atoms with Crippen LogP contribution >= 0.6 is 11.6 Å². The highest BCUT2D eigenvalue weighted by molar-refractivity contribution is 6.21. The highest BCUT2D eigenvalue weighted by atomic mass is 35.5. The van der Waals surface area contributed by atoms with E-state index in [-0.39, 0.29) is 0 Å². The van der Waals surface area contributed by atoms with Crippen molar-refractivity contribution in [3.63, 3.8) is 0 Å². The predicted molar refractivity (Wildman–Crippen MR) is 36.3 cm³/mol. The summed E-state index contributed by atoms with van der Waals surface area (Å²) >= 11 is 5.74. The highest BCUT2D eigenvalue weighted by Gasteiger charge is 2.25. The third-order valence-corrected chi connectivity index (χ3v) is 1.93. The second-order valence-electron chi connectivity index (χ2n) is 2.32. The molecule has 1 saturated carbocycles. The van der Waals surface area contributed by atoms with E-state index >= 15 is 0 Å². The minimum absolute atomic E-state index is 0.457. The first-order valence-electron chi connectivity index (χ1n) is 3.20. The van der Waals surface area contributed by atoms with Gasteiger partial charge in [-0.25, -0.2) is 0 Å². The average Bonchev–Trinajstić information content (AvgIpc) is 1.64. The zero-order chi connectivity index (χ0) is 5.98. The summed E-state index contributed by atoms with van der Waals surface area (Å²) in [6.07, 6.45) is 2.32. The first-order valence-corrected chi connectivity index (χ1v) is 3.64. The highest BCUT2D eigenvalue weighted by Crippen LogP contribution is 2.24. The fourth-order valence-electron chi connectivity index (χ4n) is 1.00. The largest absolute Gasteiger partial charge is 0.314 e. The zero-order valence-corrected chi connectivity index (χ0v) is 5.91. The third kappa shape index (κ3) is 1.36. The van der Waals surface area contributed by atoms with Crippen molar-refractivity contribution in [3.05, 3.63) is 0 Å². The summed E-state index contributed by atoms with van der Waals surface area (Å²) in [5.41, 5.74) is 0. The summed E-state index contributed by atoms with van der Waals surface area (Å²) in [7, 11) is 0. The molecule has 1 rings (SSSR count). The molecule has 1 fully saturated rings. The molecule has 1 aliphatic rings. The Morgan fingerprint density at radius 1 is 1.62 bits per heavy atom. The van der Waals surface area contributed by atoms with Gasteiger partial charge in [0.05, 0.1) is 0 Å². The van der Waals surface area contributed by atoms with E-state index in [4.69, 9.17) is 11.6 Å². The molecule has 8 heavy (non-hydrogen) atoms. The van der Waals surface area contributed by atoms with Gasteiger partial charge in [-0.15, -0.1) is 11.6 Å². The lowest BCUT2D eigenvalue weighted by Gasteiger charge is -2.31. The Morgan fingerprint density at radius 2 is 2.25 bits per heavy atom. The van der Waals surface area contributed by atoms with Crippen LogP contribution < -0.4 is 5.32 Å². The first kappa shape index (κ1) is 6.37. The Labute approximate surface area is 55.4 Å². The molecule has 0 spiro atoms. The lowest BCUT2D eigenvalue weighted by Crippen LogP contribution is -2.41. The lowest BCUT2D eigenvalue weighted by molar-refractivity contribution is 0.353. The SMILES string of the molecule is CCNC1CC(Cl)C1. The van der Waals surface area contributed by atoms with Gasteiger partial charge < -0.3 is 5.32 Å². The summed E-state index contributed by atoms with van der Waals surface area (Å²) in [6.45, 7) is 3.20. The summed E-state index contributed by atoms with van der Waals surface area (Å²) in [5, 5.41) is 3.79. The van der Waals surface area contributed by atoms with Crippen LogP contribution in [0.2, 0.25) is 0 Å². The van der Waals surface area contributed by atoms with Gasteiger partial charge in [-0.05, 0) is 19.4 Å². The molecule has 0 unspecified atom stereocenters. The fraction of sp³-hybridized carbons (Fsp3) is 1.00. The maximum atomic E-state index is 5.74. The van der Waals surface area contributed by atoms with Gasteiger partial charge in [0.1, 0.15) is 0 Å². The molecule has 0 radical (unpaired) electrons. The molecule has 0 atom stereocenters. The molecule has 0 aromatic rings. The van der Waals surface area contributed by atoms with Crippen LogP contribution in [0.5, 0.6) is 0 Å². The number of rotatable bonds is 2. The molecule has 0 aromatic carbocycles. The molecular formula is C6H12ClN. The maximum Gasteiger partial charge on any atom is 0.0365 e. The van der Waals surface area contributed by atoms with Crippen LogP contribution in [-0.2, 0) is 0 Å². The number of hydrogen-bond acceptors (Lipinski definition) is 1. The second kappa shape index (κ2) is 2.70. The predicted octanol–water partition coefficient (Wildman–Crippen LogP) is 1.37. The molecule has 0 heterocycles. The topological polar surface area (TPSA) is 12.0 Å². The van der Waals surface area contributed by atoms with Crippen molar-refractivity contribution in [2.75, 3.05) is 6.54 Å². The van der Waals surface area contributed by atoms with E-state index in [0.717, 1.165) is 25.4 Å². The van der Waals surface area contributed by atoms with Crippen LogP contribution in [0.1, 0.15) is 19.8 Å². The Balaban J connectivity index is 1.98. The number of hydrogen-bond donors (Lipinski definition) is 1. The van der Waals surface area contributed by atoms with Gasteiger partial charge in [0.25, 0.3) is 0 Å². The van der Waals surface area contributed by atoms with E-state index in [1.54, 1.807) is 0 Å². The Hall–Kier alpha value is 0.250. The molecule has 1 nitrogen and oxygen atoms in total. The van der Waals surface area contributed by atoms with E-state index in [1.165, 1.54) is 0 Å². The molecule has 0 aromatic heterocycles. The monoisotopic (exact) mass is 133 g/mol. The fourth-order valence-corrected chi connectivity index (χ4v) is 1.43. The van der Waals surface area contributed by atoms with Crippen LogP contribution in [0, 0.1) is 0 Å². The lowest BCUT2D eigenvalue weighted by atomic mass is 9.92. The van der Waals surface area contributed by atoms with Crippen molar-refractivity contribution in [1.82, 2.24) is 5.32 Å². The van der Waals surface area contributed by atoms with Crippen molar-refractivity contribution in [2.45, 2.75) is 31.2 Å². The van der Waals surface area contributed by atoms with E-state index in [0.29, 0.717) is 5.38 Å². The summed E-state index contributed by atoms with van der Waals surface area (Å²) in [5.74, 6) is 0. The van der Waals surface area contributed by atoms with Crippen LogP contribution in [0.15, 0.2) is 0 Å². The first-order chi connectivity index (χ1) is 3.83. The van der Waals surface area contributed by atoms with Crippen molar-refractivity contribution in [3.8, 4) is 0 Å². The van der Waals surface area contributed by atoms with Gasteiger partial charge in [0.15, 0.2) is 0 Å². The molecule has 0 aliphatic heterocycles. The van der Waals surface area contributed by atoms with E-state index in [9.17, 15) is 0 Å². The molecule has 0 saturated heterocycles. The minimum Gasteiger partial charge on any atom is -0.314 e. The Morgan fingerprint density at radius 3 is 2.62 bits per heavy atom. The summed E-state index contributed by atoms with van der Waals surface area (Å²) in [4.78, 5) is 0. The van der Waals surface area contributed by atoms with Crippen molar-refractivity contribution in [1.29, 1.82) is 0 Å². The van der Waals surface area contributed by atoms with Gasteiger partial charge in [-0.1, -0.05) is 6.92 Å². The van der Waals surface area contributed by atoms with Gasteiger partial charge in [0.2, 0.25) is 0 Å². The van der Waals surface area contributed by atoms with Gasteiger partial charge in [-0.2, -0.15) is 0 Å². The van der Waals surface area contributed by atoms with Crippen LogP contribution in [0.3, 0.4) is 0 Å². The summed E-state index contributed by atoms with van der Waals surface area (Å²) in [6, 6.07) is 0.725. The van der Waals surface area contributed by atoms with Gasteiger partial charge in [0, 0.05) is 11.4 Å². The van der Waals surface area contributed by atoms with Gasteiger partial charge >= 0.3 is 0 Å². The van der Waals surface area contributed by atoms with Gasteiger partial charge in [-0.3, -0.25) is 0 Å². The number of nitrogens with one attached hydrogen (secondary N) is 1. The standard InChI is InChI=1S/C6H12ClN/c1-2-8-6-3-5(7)4-6/h5-6,8H,2-4H2,1H3. The Bertz CT molecular complexity index is 66.2. The second-order valence-corrected chi connectivity index (χ2v) is 2.94. The zero-order valence-electron chi connectivity index (χ0n) is 5.15. The third-order valence-electron chi connectivity index (χ3n) is 1.57. The van der Waals surface area contributed by atoms with Crippen LogP contribution in [0.4, 0.5) is 0 Å². The normalized spacial score (nSPS) is 36.8. The van der Waals surface area contributed by atoms with E-state index in [2.05, 4.69) is 12.2 Å². The molecule has 0 amide bonds. The average molecular weight is 134 g/mol. The number of halogens is 1. The molecule has 1 N–H and O–H groups in total. The quantitative estimate of drug-likeness (QED) is 0.561. The molecule has 0 bridgehead atoms. The molecule has 2 heteroatoms. The number of alkyl halides is 1. The Kier molecular flexibility index (Phi) is 2.15. The van der Waals surface area contributed by atoms with Crippen LogP contribution in [0.25, 0.3) is 0 Å². The summed E-state index contributed by atoms with van der Waals surface area (Å²) < 4.78 is 0. The van der Waals surface area contributed by atoms with Crippen molar-refractivity contribution in [2.24, 2.45) is 0 Å².